The third-order valence-corrected chi connectivity index (χ3v) is 4.67. The number of hydrogen-bond acceptors (Lipinski definition) is 4. The first-order chi connectivity index (χ1) is 10.6. The lowest BCUT2D eigenvalue weighted by atomic mass is 9.95. The van der Waals surface area contributed by atoms with Gasteiger partial charge in [-0.25, -0.2) is 4.98 Å². The number of thiazole rings is 1. The Morgan fingerprint density at radius 2 is 2.39 bits per heavy atom. The van der Waals surface area contributed by atoms with Crippen molar-refractivity contribution in [1.82, 2.24) is 15.2 Å². The maximum Gasteiger partial charge on any atom is 0.217 e. The van der Waals surface area contributed by atoms with Crippen molar-refractivity contribution in [2.45, 2.75) is 32.6 Å². The van der Waals surface area contributed by atoms with Gasteiger partial charge < -0.3 is 16.0 Å². The van der Waals surface area contributed by atoms with Crippen molar-refractivity contribution < 1.29 is 4.79 Å². The average Bonchev–Trinajstić information content (AvgIpc) is 2.89. The molecule has 8 heteroatoms. The molecule has 2 rings (SSSR count). The summed E-state index contributed by atoms with van der Waals surface area (Å²) < 4.78 is 0. The Hall–Kier alpha value is -0.900. The fourth-order valence-corrected chi connectivity index (χ4v) is 3.51. The minimum atomic E-state index is -0.214. The van der Waals surface area contributed by atoms with Gasteiger partial charge in [0.1, 0.15) is 0 Å². The Morgan fingerprint density at radius 3 is 3.00 bits per heavy atom. The summed E-state index contributed by atoms with van der Waals surface area (Å²) in [6, 6.07) is 0. The van der Waals surface area contributed by atoms with E-state index in [4.69, 9.17) is 5.73 Å². The van der Waals surface area contributed by atoms with Gasteiger partial charge in [0.2, 0.25) is 5.91 Å². The number of hydrogen-bond donors (Lipinski definition) is 2. The molecule has 1 saturated heterocycles. The van der Waals surface area contributed by atoms with Gasteiger partial charge in [0, 0.05) is 44.9 Å². The van der Waals surface area contributed by atoms with Gasteiger partial charge in [0.25, 0.3) is 0 Å². The van der Waals surface area contributed by atoms with Crippen molar-refractivity contribution in [2.75, 3.05) is 26.7 Å². The normalized spacial score (nSPS) is 18.4. The van der Waals surface area contributed by atoms with Crippen molar-refractivity contribution >= 4 is 47.2 Å². The molecule has 0 aromatic carbocycles. The number of amides is 1. The number of nitrogens with one attached hydrogen (secondary N) is 1. The number of primary amides is 1. The summed E-state index contributed by atoms with van der Waals surface area (Å²) in [5.41, 5.74) is 6.44. The molecule has 130 valence electrons. The number of halogens is 1. The van der Waals surface area contributed by atoms with Gasteiger partial charge in [-0.1, -0.05) is 0 Å². The molecule has 1 aromatic rings. The molecule has 6 nitrogen and oxygen atoms in total. The fourth-order valence-electron chi connectivity index (χ4n) is 2.87. The lowest BCUT2D eigenvalue weighted by Gasteiger charge is -2.34. The van der Waals surface area contributed by atoms with E-state index in [0.29, 0.717) is 12.3 Å². The highest BCUT2D eigenvalue weighted by Gasteiger charge is 2.23. The van der Waals surface area contributed by atoms with Gasteiger partial charge in [-0.15, -0.1) is 35.3 Å². The third-order valence-electron chi connectivity index (χ3n) is 3.85. The van der Waals surface area contributed by atoms with Gasteiger partial charge in [-0.05, 0) is 25.7 Å². The van der Waals surface area contributed by atoms with Crippen LogP contribution in [0.3, 0.4) is 0 Å². The average molecular weight is 451 g/mol. The van der Waals surface area contributed by atoms with Gasteiger partial charge in [0.15, 0.2) is 5.96 Å². The molecular weight excluding hydrogens is 425 g/mol. The number of nitrogens with two attached hydrogens (primary N) is 1. The largest absolute Gasteiger partial charge is 0.370 e. The van der Waals surface area contributed by atoms with Crippen LogP contribution in [0, 0.1) is 12.8 Å². The van der Waals surface area contributed by atoms with Crippen LogP contribution in [-0.2, 0) is 11.2 Å². The minimum Gasteiger partial charge on any atom is -0.370 e. The van der Waals surface area contributed by atoms with E-state index in [1.807, 2.05) is 6.92 Å². The van der Waals surface area contributed by atoms with E-state index in [1.54, 1.807) is 18.4 Å². The number of aliphatic imine (C=N–C) groups is 1. The highest BCUT2D eigenvalue weighted by Crippen LogP contribution is 2.19. The molecule has 1 unspecified atom stereocenters. The number of carbonyl (C=O) groups excluding carboxylic acids is 1. The second-order valence-corrected chi connectivity index (χ2v) is 6.77. The second-order valence-electron chi connectivity index (χ2n) is 5.71. The first kappa shape index (κ1) is 20.1. The van der Waals surface area contributed by atoms with Crippen LogP contribution in [0.2, 0.25) is 0 Å². The van der Waals surface area contributed by atoms with Gasteiger partial charge in [0.05, 0.1) is 10.7 Å². The molecule has 23 heavy (non-hydrogen) atoms. The zero-order valence-electron chi connectivity index (χ0n) is 13.7. The molecule has 0 bridgehead atoms. The number of piperidine rings is 1. The van der Waals surface area contributed by atoms with Crippen LogP contribution in [0.5, 0.6) is 0 Å². The number of nitrogens with zero attached hydrogens (tertiary/aromatic N) is 3. The first-order valence-electron chi connectivity index (χ1n) is 7.73. The summed E-state index contributed by atoms with van der Waals surface area (Å²) in [5.74, 6) is 1.03. The number of carbonyl (C=O) groups is 1. The maximum absolute atomic E-state index is 11.1. The van der Waals surface area contributed by atoms with E-state index < -0.39 is 0 Å². The van der Waals surface area contributed by atoms with E-state index in [9.17, 15) is 4.79 Å². The fraction of sp³-hybridized carbons (Fsp3) is 0.667. The van der Waals surface area contributed by atoms with E-state index in [2.05, 4.69) is 25.6 Å². The van der Waals surface area contributed by atoms with Gasteiger partial charge in [-0.3, -0.25) is 9.79 Å². The number of rotatable bonds is 5. The van der Waals surface area contributed by atoms with Crippen molar-refractivity contribution in [3.63, 3.8) is 0 Å². The highest BCUT2D eigenvalue weighted by molar-refractivity contribution is 14.0. The van der Waals surface area contributed by atoms with Crippen molar-refractivity contribution in [3.8, 4) is 0 Å². The van der Waals surface area contributed by atoms with E-state index >= 15 is 0 Å². The molecule has 1 fully saturated rings. The molecule has 0 radical (unpaired) electrons. The third kappa shape index (κ3) is 6.62. The standard InChI is InChI=1S/C15H25N5OS.HI/c1-11-19-13(10-22-11)5-6-18-15(17-2)20-7-3-4-12(9-20)8-14(16)21;/h10,12H,3-9H2,1-2H3,(H2,16,21)(H,17,18);1H. The lowest BCUT2D eigenvalue weighted by molar-refractivity contribution is -0.119. The Labute approximate surface area is 159 Å². The quantitative estimate of drug-likeness (QED) is 0.406. The zero-order chi connectivity index (χ0) is 15.9. The van der Waals surface area contributed by atoms with E-state index in [-0.39, 0.29) is 29.9 Å². The van der Waals surface area contributed by atoms with Crippen LogP contribution < -0.4 is 11.1 Å². The lowest BCUT2D eigenvalue weighted by Crippen LogP contribution is -2.47. The number of aryl methyl sites for hydroxylation is 1. The topological polar surface area (TPSA) is 83.6 Å². The highest BCUT2D eigenvalue weighted by atomic mass is 127. The summed E-state index contributed by atoms with van der Waals surface area (Å²) in [6.07, 6.45) is 3.49. The van der Waals surface area contributed by atoms with Crippen LogP contribution >= 0.6 is 35.3 Å². The molecule has 0 spiro atoms. The molecule has 1 amide bonds. The number of aromatic nitrogens is 1. The summed E-state index contributed by atoms with van der Waals surface area (Å²) >= 11 is 1.68. The summed E-state index contributed by atoms with van der Waals surface area (Å²) in [7, 11) is 1.80. The molecule has 0 aliphatic carbocycles. The monoisotopic (exact) mass is 451 g/mol. The first-order valence-corrected chi connectivity index (χ1v) is 8.61. The number of likely N-dealkylation sites (tertiary alicyclic amines) is 1. The molecule has 1 aromatic heterocycles. The Morgan fingerprint density at radius 1 is 1.61 bits per heavy atom. The number of guanidine groups is 1. The molecule has 1 atom stereocenters. The van der Waals surface area contributed by atoms with Gasteiger partial charge in [-0.2, -0.15) is 0 Å². The molecule has 2 heterocycles. The SMILES string of the molecule is CN=C(NCCc1csc(C)n1)N1CCCC(CC(N)=O)C1.I. The minimum absolute atomic E-state index is 0. The Balaban J connectivity index is 0.00000264. The molecular formula is C15H26IN5OS. The molecule has 1 aliphatic rings. The smallest absolute Gasteiger partial charge is 0.217 e. The van der Waals surface area contributed by atoms with Crippen LogP contribution in [0.25, 0.3) is 0 Å². The van der Waals surface area contributed by atoms with Crippen molar-refractivity contribution in [1.29, 1.82) is 0 Å². The Kier molecular flexibility index (Phi) is 8.82. The van der Waals surface area contributed by atoms with Crippen LogP contribution in [0.15, 0.2) is 10.4 Å². The molecule has 0 saturated carbocycles. The summed E-state index contributed by atoms with van der Waals surface area (Å²) in [4.78, 5) is 22.1. The van der Waals surface area contributed by atoms with Crippen LogP contribution in [0.4, 0.5) is 0 Å². The van der Waals surface area contributed by atoms with E-state index in [1.165, 1.54) is 0 Å². The van der Waals surface area contributed by atoms with Crippen molar-refractivity contribution in [2.24, 2.45) is 16.6 Å². The van der Waals surface area contributed by atoms with E-state index in [0.717, 1.165) is 55.6 Å². The summed E-state index contributed by atoms with van der Waals surface area (Å²) in [5, 5.41) is 6.60. The Bertz CT molecular complexity index is 534. The molecule has 3 N–H and O–H groups in total. The predicted octanol–water partition coefficient (Wildman–Crippen LogP) is 1.77. The maximum atomic E-state index is 11.1. The zero-order valence-corrected chi connectivity index (χ0v) is 16.9. The molecule has 1 aliphatic heterocycles. The predicted molar refractivity (Wildman–Crippen MR) is 105 cm³/mol. The van der Waals surface area contributed by atoms with Crippen molar-refractivity contribution in [3.05, 3.63) is 16.1 Å². The van der Waals surface area contributed by atoms with Crippen LogP contribution in [-0.4, -0.2) is 48.4 Å². The summed E-state index contributed by atoms with van der Waals surface area (Å²) in [6.45, 7) is 4.66. The second kappa shape index (κ2) is 10.1. The van der Waals surface area contributed by atoms with Crippen LogP contribution in [0.1, 0.15) is 30.0 Å². The van der Waals surface area contributed by atoms with Gasteiger partial charge >= 0.3 is 0 Å².